The molecule has 144 valence electrons. The van der Waals surface area contributed by atoms with E-state index in [0.717, 1.165) is 40.9 Å². The highest BCUT2D eigenvalue weighted by Gasteiger charge is 2.31. The van der Waals surface area contributed by atoms with Crippen LogP contribution in [0, 0.1) is 12.8 Å². The van der Waals surface area contributed by atoms with Crippen LogP contribution in [0.3, 0.4) is 0 Å². The third-order valence-electron chi connectivity index (χ3n) is 4.26. The smallest absolute Gasteiger partial charge is 0.287 e. The zero-order valence-electron chi connectivity index (χ0n) is 15.8. The largest absolute Gasteiger partial charge is 0.493 e. The Kier molecular flexibility index (Phi) is 6.21. The van der Waals surface area contributed by atoms with Crippen LogP contribution in [-0.4, -0.2) is 28.0 Å². The summed E-state index contributed by atoms with van der Waals surface area (Å²) in [5.41, 5.74) is 2.00. The van der Waals surface area contributed by atoms with E-state index >= 15 is 0 Å². The zero-order chi connectivity index (χ0) is 19.4. The Morgan fingerprint density at radius 3 is 2.63 bits per heavy atom. The van der Waals surface area contributed by atoms with Crippen LogP contribution in [0.1, 0.15) is 36.8 Å². The van der Waals surface area contributed by atoms with E-state index in [4.69, 9.17) is 9.15 Å². The number of amides is 1. The van der Waals surface area contributed by atoms with Crippen molar-refractivity contribution in [2.24, 2.45) is 5.92 Å². The number of carbonyl (C=O) groups is 2. The van der Waals surface area contributed by atoms with Gasteiger partial charge in [0.05, 0.1) is 18.7 Å². The maximum absolute atomic E-state index is 11.7. The summed E-state index contributed by atoms with van der Waals surface area (Å²) in [6.45, 7) is 6.75. The topological polar surface area (TPSA) is 81.4 Å². The molecule has 0 bridgehead atoms. The van der Waals surface area contributed by atoms with Crippen molar-refractivity contribution in [1.29, 1.82) is 0 Å². The molecule has 1 atom stereocenters. The first-order chi connectivity index (χ1) is 12.9. The van der Waals surface area contributed by atoms with Crippen LogP contribution >= 0.6 is 11.8 Å². The molecule has 1 aromatic carbocycles. The van der Waals surface area contributed by atoms with Crippen LogP contribution in [0.5, 0.6) is 5.75 Å². The summed E-state index contributed by atoms with van der Waals surface area (Å²) in [5, 5.41) is 2.26. The van der Waals surface area contributed by atoms with Crippen molar-refractivity contribution < 1.29 is 18.7 Å². The monoisotopic (exact) mass is 388 g/mol. The lowest BCUT2D eigenvalue weighted by atomic mass is 10.1. The van der Waals surface area contributed by atoms with Gasteiger partial charge in [-0.1, -0.05) is 26.0 Å². The van der Waals surface area contributed by atoms with E-state index in [2.05, 4.69) is 24.1 Å². The molecule has 1 fully saturated rings. The van der Waals surface area contributed by atoms with Crippen LogP contribution in [0.4, 0.5) is 4.79 Å². The number of hydrogen-bond donors (Lipinski definition) is 1. The minimum absolute atomic E-state index is 0.126. The number of nitrogens with zero attached hydrogens (tertiary/aromatic N) is 1. The number of aryl methyl sites for hydroxylation is 1. The van der Waals surface area contributed by atoms with Crippen molar-refractivity contribution in [3.8, 4) is 5.75 Å². The minimum Gasteiger partial charge on any atom is -0.493 e. The third kappa shape index (κ3) is 5.35. The highest BCUT2D eigenvalue weighted by molar-refractivity contribution is 8.26. The fourth-order valence-corrected chi connectivity index (χ4v) is 3.58. The molecule has 0 spiro atoms. The Balaban J connectivity index is 1.48. The summed E-state index contributed by atoms with van der Waals surface area (Å²) in [7, 11) is 0. The van der Waals surface area contributed by atoms with Crippen molar-refractivity contribution in [3.63, 3.8) is 0 Å². The Morgan fingerprint density at radius 2 is 2.00 bits per heavy atom. The van der Waals surface area contributed by atoms with E-state index in [1.54, 1.807) is 0 Å². The summed E-state index contributed by atoms with van der Waals surface area (Å²) in [5.74, 6) is 2.88. The van der Waals surface area contributed by atoms with Gasteiger partial charge in [0.2, 0.25) is 5.12 Å². The van der Waals surface area contributed by atoms with Gasteiger partial charge >= 0.3 is 0 Å². The number of oxazole rings is 1. The lowest BCUT2D eigenvalue weighted by molar-refractivity contribution is -0.112. The number of ether oxygens (including phenoxy) is 1. The molecule has 0 aliphatic carbocycles. The SMILES string of the molecule is Cc1oc(CCOc2ccc(CC3NC(=O)SC3=O)cc2)nc1CC(C)C. The van der Waals surface area contributed by atoms with Crippen LogP contribution in [0.2, 0.25) is 0 Å². The van der Waals surface area contributed by atoms with Crippen molar-refractivity contribution in [1.82, 2.24) is 10.3 Å². The third-order valence-corrected chi connectivity index (χ3v) is 5.05. The summed E-state index contributed by atoms with van der Waals surface area (Å²) in [6, 6.07) is 7.12. The van der Waals surface area contributed by atoms with Gasteiger partial charge in [-0.15, -0.1) is 0 Å². The lowest BCUT2D eigenvalue weighted by Crippen LogP contribution is -2.30. The molecule has 1 unspecified atom stereocenters. The second kappa shape index (κ2) is 8.61. The van der Waals surface area contributed by atoms with Gasteiger partial charge in [0.25, 0.3) is 5.24 Å². The Bertz CT molecular complexity index is 814. The summed E-state index contributed by atoms with van der Waals surface area (Å²) in [4.78, 5) is 27.4. The number of thioether (sulfide) groups is 1. The molecule has 3 rings (SSSR count). The lowest BCUT2D eigenvalue weighted by Gasteiger charge is -2.09. The second-order valence-electron chi connectivity index (χ2n) is 7.06. The average Bonchev–Trinajstić information content (AvgIpc) is 3.10. The first-order valence-corrected chi connectivity index (χ1v) is 9.91. The summed E-state index contributed by atoms with van der Waals surface area (Å²) < 4.78 is 11.5. The van der Waals surface area contributed by atoms with Crippen molar-refractivity contribution in [2.45, 2.75) is 46.1 Å². The number of rotatable bonds is 8. The Morgan fingerprint density at radius 1 is 1.26 bits per heavy atom. The minimum atomic E-state index is -0.442. The normalized spacial score (nSPS) is 16.8. The van der Waals surface area contributed by atoms with Gasteiger partial charge in [0.15, 0.2) is 5.89 Å². The molecule has 0 saturated carbocycles. The molecular formula is C20H24N2O4S. The van der Waals surface area contributed by atoms with E-state index in [1.807, 2.05) is 31.2 Å². The molecule has 1 saturated heterocycles. The molecular weight excluding hydrogens is 364 g/mol. The number of nitrogens with one attached hydrogen (secondary N) is 1. The number of carbonyl (C=O) groups excluding carboxylic acids is 2. The molecule has 2 aromatic rings. The number of hydrogen-bond acceptors (Lipinski definition) is 6. The van der Waals surface area contributed by atoms with E-state index in [0.29, 0.717) is 31.3 Å². The van der Waals surface area contributed by atoms with Gasteiger partial charge < -0.3 is 14.5 Å². The first-order valence-electron chi connectivity index (χ1n) is 9.10. The fourth-order valence-electron chi connectivity index (χ4n) is 2.91. The van der Waals surface area contributed by atoms with Crippen molar-refractivity contribution in [3.05, 3.63) is 47.2 Å². The van der Waals surface area contributed by atoms with Gasteiger partial charge in [0.1, 0.15) is 17.6 Å². The Hall–Kier alpha value is -2.28. The maximum Gasteiger partial charge on any atom is 0.287 e. The van der Waals surface area contributed by atoms with Crippen LogP contribution in [0.25, 0.3) is 0 Å². The molecule has 7 heteroatoms. The molecule has 6 nitrogen and oxygen atoms in total. The van der Waals surface area contributed by atoms with Gasteiger partial charge in [0, 0.05) is 18.2 Å². The molecule has 1 amide bonds. The fraction of sp³-hybridized carbons (Fsp3) is 0.450. The van der Waals surface area contributed by atoms with E-state index < -0.39 is 6.04 Å². The van der Waals surface area contributed by atoms with Crippen LogP contribution in [0.15, 0.2) is 28.7 Å². The highest BCUT2D eigenvalue weighted by Crippen LogP contribution is 2.20. The average molecular weight is 388 g/mol. The van der Waals surface area contributed by atoms with Gasteiger partial charge in [-0.2, -0.15) is 0 Å². The summed E-state index contributed by atoms with van der Waals surface area (Å²) >= 11 is 0.737. The summed E-state index contributed by atoms with van der Waals surface area (Å²) in [6.07, 6.45) is 2.02. The van der Waals surface area contributed by atoms with E-state index in [1.165, 1.54) is 0 Å². The second-order valence-corrected chi connectivity index (χ2v) is 8.04. The van der Waals surface area contributed by atoms with Gasteiger partial charge in [-0.25, -0.2) is 4.98 Å². The number of aromatic nitrogens is 1. The van der Waals surface area contributed by atoms with E-state index in [9.17, 15) is 9.59 Å². The van der Waals surface area contributed by atoms with E-state index in [-0.39, 0.29) is 10.4 Å². The molecule has 1 aromatic heterocycles. The molecule has 27 heavy (non-hydrogen) atoms. The molecule has 0 radical (unpaired) electrons. The van der Waals surface area contributed by atoms with Crippen molar-refractivity contribution in [2.75, 3.05) is 6.61 Å². The highest BCUT2D eigenvalue weighted by atomic mass is 32.2. The molecule has 1 aliphatic heterocycles. The maximum atomic E-state index is 11.7. The van der Waals surface area contributed by atoms with Gasteiger partial charge in [-0.3, -0.25) is 9.59 Å². The predicted octanol–water partition coefficient (Wildman–Crippen LogP) is 3.70. The zero-order valence-corrected chi connectivity index (χ0v) is 16.6. The van der Waals surface area contributed by atoms with Gasteiger partial charge in [-0.05, 0) is 37.0 Å². The number of benzene rings is 1. The predicted molar refractivity (Wildman–Crippen MR) is 104 cm³/mol. The van der Waals surface area contributed by atoms with Crippen LogP contribution < -0.4 is 10.1 Å². The van der Waals surface area contributed by atoms with Crippen LogP contribution in [-0.2, 0) is 24.1 Å². The quantitative estimate of drug-likeness (QED) is 0.743. The Labute approximate surface area is 163 Å². The van der Waals surface area contributed by atoms with Crippen molar-refractivity contribution >= 4 is 22.1 Å². The molecule has 2 heterocycles. The first kappa shape index (κ1) is 19.5. The molecule has 1 N–H and O–H groups in total. The molecule has 1 aliphatic rings. The standard InChI is InChI=1S/C20H24N2O4S/c1-12(2)10-16-13(3)26-18(21-16)8-9-25-15-6-4-14(5-7-15)11-17-19(23)27-20(24)22-17/h4-7,12,17H,8-11H2,1-3H3,(H,22,24).